The zero-order valence-corrected chi connectivity index (χ0v) is 14.4. The van der Waals surface area contributed by atoms with Gasteiger partial charge in [-0.05, 0) is 43.9 Å². The normalized spacial score (nSPS) is 18.7. The topological polar surface area (TPSA) is 45.2 Å². The molecule has 2 heterocycles. The molecule has 1 amide bonds. The van der Waals surface area contributed by atoms with E-state index in [9.17, 15) is 9.18 Å². The minimum absolute atomic E-state index is 0.106. The summed E-state index contributed by atoms with van der Waals surface area (Å²) < 4.78 is 14.5. The molecule has 1 aliphatic carbocycles. The highest BCUT2D eigenvalue weighted by Gasteiger charge is 2.19. The Morgan fingerprint density at radius 3 is 2.60 bits per heavy atom. The number of anilines is 1. The van der Waals surface area contributed by atoms with Crippen LogP contribution in [-0.4, -0.2) is 30.0 Å². The summed E-state index contributed by atoms with van der Waals surface area (Å²) in [5, 5.41) is 3.77. The first-order chi connectivity index (χ1) is 12.2. The Labute approximate surface area is 147 Å². The molecule has 0 atom stereocenters. The number of halogens is 1. The fourth-order valence-electron chi connectivity index (χ4n) is 3.98. The van der Waals surface area contributed by atoms with Crippen molar-refractivity contribution in [3.05, 3.63) is 35.8 Å². The predicted molar refractivity (Wildman–Crippen MR) is 97.5 cm³/mol. The minimum atomic E-state index is -0.235. The largest absolute Gasteiger partial charge is 0.369 e. The van der Waals surface area contributed by atoms with Crippen LogP contribution in [0.3, 0.4) is 0 Å². The Morgan fingerprint density at radius 1 is 1.08 bits per heavy atom. The number of fused-ring (bicyclic) bond motifs is 1. The highest BCUT2D eigenvalue weighted by atomic mass is 19.1. The molecule has 1 N–H and O–H groups in total. The summed E-state index contributed by atoms with van der Waals surface area (Å²) in [5.41, 5.74) is 1.86. The summed E-state index contributed by atoms with van der Waals surface area (Å²) in [4.78, 5) is 18.9. The van der Waals surface area contributed by atoms with Gasteiger partial charge in [0.2, 0.25) is 0 Å². The summed E-state index contributed by atoms with van der Waals surface area (Å²) in [7, 11) is 0. The maximum absolute atomic E-state index is 14.5. The van der Waals surface area contributed by atoms with Gasteiger partial charge in [0.05, 0.1) is 16.8 Å². The van der Waals surface area contributed by atoms with Crippen molar-refractivity contribution in [2.75, 3.05) is 18.0 Å². The van der Waals surface area contributed by atoms with Gasteiger partial charge < -0.3 is 10.2 Å². The Kier molecular flexibility index (Phi) is 4.55. The van der Waals surface area contributed by atoms with Crippen LogP contribution in [0.4, 0.5) is 10.1 Å². The van der Waals surface area contributed by atoms with E-state index in [1.165, 1.54) is 25.3 Å². The number of amides is 1. The van der Waals surface area contributed by atoms with Crippen molar-refractivity contribution in [2.24, 2.45) is 0 Å². The van der Waals surface area contributed by atoms with E-state index in [4.69, 9.17) is 0 Å². The van der Waals surface area contributed by atoms with Crippen molar-refractivity contribution < 1.29 is 9.18 Å². The third-order valence-electron chi connectivity index (χ3n) is 5.40. The fraction of sp³-hybridized carbons (Fsp3) is 0.500. The van der Waals surface area contributed by atoms with Gasteiger partial charge in [0.25, 0.3) is 5.91 Å². The van der Waals surface area contributed by atoms with Crippen LogP contribution in [-0.2, 0) is 0 Å². The number of nitrogens with zero attached hydrogens (tertiary/aromatic N) is 2. The summed E-state index contributed by atoms with van der Waals surface area (Å²) >= 11 is 0. The molecule has 0 unspecified atom stereocenters. The average Bonchev–Trinajstić information content (AvgIpc) is 3.16. The third-order valence-corrected chi connectivity index (χ3v) is 5.40. The number of rotatable bonds is 3. The van der Waals surface area contributed by atoms with Crippen molar-refractivity contribution in [3.63, 3.8) is 0 Å². The third kappa shape index (κ3) is 3.46. The van der Waals surface area contributed by atoms with Crippen LogP contribution in [0.2, 0.25) is 0 Å². The van der Waals surface area contributed by atoms with E-state index in [0.29, 0.717) is 16.6 Å². The predicted octanol–water partition coefficient (Wildman–Crippen LogP) is 4.04. The van der Waals surface area contributed by atoms with Gasteiger partial charge in [-0.2, -0.15) is 0 Å². The molecule has 1 saturated carbocycles. The van der Waals surface area contributed by atoms with E-state index in [0.717, 1.165) is 44.3 Å². The molecule has 0 radical (unpaired) electrons. The number of benzene rings is 1. The van der Waals surface area contributed by atoms with E-state index in [-0.39, 0.29) is 17.8 Å². The molecule has 2 aliphatic rings. The van der Waals surface area contributed by atoms with Crippen molar-refractivity contribution in [2.45, 2.75) is 51.0 Å². The minimum Gasteiger partial charge on any atom is -0.369 e. The number of carbonyl (C=O) groups excluding carboxylic acids is 1. The lowest BCUT2D eigenvalue weighted by molar-refractivity contribution is 0.0927. The van der Waals surface area contributed by atoms with Crippen molar-refractivity contribution in [1.29, 1.82) is 0 Å². The summed E-state index contributed by atoms with van der Waals surface area (Å²) in [5.74, 6) is -0.341. The van der Waals surface area contributed by atoms with Gasteiger partial charge in [-0.3, -0.25) is 9.78 Å². The van der Waals surface area contributed by atoms with Gasteiger partial charge in [-0.1, -0.05) is 19.3 Å². The van der Waals surface area contributed by atoms with E-state index in [2.05, 4.69) is 15.2 Å². The van der Waals surface area contributed by atoms with Crippen LogP contribution >= 0.6 is 0 Å². The van der Waals surface area contributed by atoms with Crippen LogP contribution in [0.15, 0.2) is 24.4 Å². The molecule has 1 aromatic carbocycles. The summed E-state index contributed by atoms with van der Waals surface area (Å²) in [6.45, 7) is 1.79. The molecule has 25 heavy (non-hydrogen) atoms. The Bertz CT molecular complexity index is 780. The highest BCUT2D eigenvalue weighted by Crippen LogP contribution is 2.28. The molecule has 4 rings (SSSR count). The van der Waals surface area contributed by atoms with Crippen LogP contribution in [0.1, 0.15) is 55.3 Å². The number of hydrogen-bond acceptors (Lipinski definition) is 3. The monoisotopic (exact) mass is 341 g/mol. The van der Waals surface area contributed by atoms with Gasteiger partial charge >= 0.3 is 0 Å². The zero-order valence-electron chi connectivity index (χ0n) is 14.4. The van der Waals surface area contributed by atoms with E-state index in [1.54, 1.807) is 18.3 Å². The van der Waals surface area contributed by atoms with Crippen LogP contribution in [0, 0.1) is 5.82 Å². The molecule has 0 bridgehead atoms. The highest BCUT2D eigenvalue weighted by molar-refractivity contribution is 5.97. The smallest absolute Gasteiger partial charge is 0.253 e. The number of hydrogen-bond donors (Lipinski definition) is 1. The van der Waals surface area contributed by atoms with E-state index < -0.39 is 0 Å². The first kappa shape index (κ1) is 16.3. The summed E-state index contributed by atoms with van der Waals surface area (Å²) in [6, 6.07) is 5.31. The van der Waals surface area contributed by atoms with Gasteiger partial charge in [0, 0.05) is 30.7 Å². The summed E-state index contributed by atoms with van der Waals surface area (Å²) in [6.07, 6.45) is 9.49. The second-order valence-corrected chi connectivity index (χ2v) is 7.22. The lowest BCUT2D eigenvalue weighted by atomic mass is 9.95. The molecule has 1 aliphatic heterocycles. The van der Waals surface area contributed by atoms with Crippen LogP contribution < -0.4 is 10.2 Å². The average molecular weight is 341 g/mol. The molecule has 2 aromatic rings. The standard InChI is InChI=1S/C20H24FN3O/c21-17-11-14-10-15(20(25)23-16-6-2-1-3-7-16)13-22-18(14)12-19(17)24-8-4-5-9-24/h10-13,16H,1-9H2,(H,23,25). The molecular weight excluding hydrogens is 317 g/mol. The molecule has 1 saturated heterocycles. The first-order valence-corrected chi connectivity index (χ1v) is 9.36. The SMILES string of the molecule is O=C(NC1CCCCC1)c1cnc2cc(N3CCCC3)c(F)cc2c1. The van der Waals surface area contributed by atoms with Crippen molar-refractivity contribution in [1.82, 2.24) is 10.3 Å². The number of carbonyl (C=O) groups is 1. The molecular formula is C20H24FN3O. The van der Waals surface area contributed by atoms with E-state index in [1.807, 2.05) is 0 Å². The lowest BCUT2D eigenvalue weighted by Gasteiger charge is -2.22. The van der Waals surface area contributed by atoms with Crippen molar-refractivity contribution >= 4 is 22.5 Å². The Hall–Kier alpha value is -2.17. The van der Waals surface area contributed by atoms with Gasteiger partial charge in [0.1, 0.15) is 5.82 Å². The van der Waals surface area contributed by atoms with E-state index >= 15 is 0 Å². The number of aromatic nitrogens is 1. The van der Waals surface area contributed by atoms with Crippen LogP contribution in [0.25, 0.3) is 10.9 Å². The van der Waals surface area contributed by atoms with Crippen LogP contribution in [0.5, 0.6) is 0 Å². The quantitative estimate of drug-likeness (QED) is 0.916. The fourth-order valence-corrected chi connectivity index (χ4v) is 3.98. The lowest BCUT2D eigenvalue weighted by Crippen LogP contribution is -2.36. The first-order valence-electron chi connectivity index (χ1n) is 9.36. The molecule has 4 nitrogen and oxygen atoms in total. The van der Waals surface area contributed by atoms with Gasteiger partial charge in [0.15, 0.2) is 0 Å². The number of nitrogens with one attached hydrogen (secondary N) is 1. The van der Waals surface area contributed by atoms with Gasteiger partial charge in [-0.25, -0.2) is 4.39 Å². The zero-order chi connectivity index (χ0) is 17.2. The van der Waals surface area contributed by atoms with Gasteiger partial charge in [-0.15, -0.1) is 0 Å². The number of pyridine rings is 1. The molecule has 5 heteroatoms. The Morgan fingerprint density at radius 2 is 1.84 bits per heavy atom. The molecule has 0 spiro atoms. The Balaban J connectivity index is 1.57. The maximum atomic E-state index is 14.5. The maximum Gasteiger partial charge on any atom is 0.253 e. The second-order valence-electron chi connectivity index (χ2n) is 7.22. The second kappa shape index (κ2) is 6.98. The molecule has 132 valence electrons. The van der Waals surface area contributed by atoms with Crippen molar-refractivity contribution in [3.8, 4) is 0 Å². The molecule has 2 fully saturated rings. The molecule has 1 aromatic heterocycles.